The molecular weight excluding hydrogens is 410 g/mol. The molecule has 0 aliphatic carbocycles. The first-order chi connectivity index (χ1) is 14.4. The molecule has 0 saturated heterocycles. The molecule has 0 aliphatic rings. The van der Waals surface area contributed by atoms with Gasteiger partial charge in [0, 0.05) is 12.1 Å². The molecule has 30 heavy (non-hydrogen) atoms. The Morgan fingerprint density at radius 3 is 2.07 bits per heavy atom. The van der Waals surface area contributed by atoms with E-state index in [-0.39, 0.29) is 34.1 Å². The molecule has 1 N–H and O–H groups in total. The van der Waals surface area contributed by atoms with Crippen LogP contribution in [0.4, 0.5) is 14.7 Å². The molecular formula is C22H16F2N2O3S. The molecule has 0 bridgehead atoms. The van der Waals surface area contributed by atoms with Crippen LogP contribution in [0, 0.1) is 11.6 Å². The average molecular weight is 426 g/mol. The van der Waals surface area contributed by atoms with E-state index in [4.69, 9.17) is 4.42 Å². The van der Waals surface area contributed by atoms with E-state index in [1.807, 2.05) is 0 Å². The minimum Gasteiger partial charge on any atom is -0.419 e. The number of anilines is 1. The van der Waals surface area contributed by atoms with Crippen molar-refractivity contribution < 1.29 is 21.6 Å². The van der Waals surface area contributed by atoms with Gasteiger partial charge in [-0.25, -0.2) is 17.2 Å². The second-order valence-electron chi connectivity index (χ2n) is 6.46. The Kier molecular flexibility index (Phi) is 5.33. The lowest BCUT2D eigenvalue weighted by Gasteiger charge is -2.06. The van der Waals surface area contributed by atoms with Crippen molar-refractivity contribution >= 4 is 15.7 Å². The van der Waals surface area contributed by atoms with Crippen LogP contribution < -0.4 is 5.32 Å². The third-order valence-electron chi connectivity index (χ3n) is 4.36. The van der Waals surface area contributed by atoms with Crippen LogP contribution in [-0.2, 0) is 16.4 Å². The van der Waals surface area contributed by atoms with Crippen molar-refractivity contribution in [2.75, 3.05) is 5.32 Å². The van der Waals surface area contributed by atoms with E-state index in [0.29, 0.717) is 5.56 Å². The molecule has 5 nitrogen and oxygen atoms in total. The second-order valence-corrected chi connectivity index (χ2v) is 8.32. The number of hydrogen-bond acceptors (Lipinski definition) is 5. The summed E-state index contributed by atoms with van der Waals surface area (Å²) in [5.74, 6) is -0.824. The summed E-state index contributed by atoms with van der Waals surface area (Å²) < 4.78 is 58.3. The van der Waals surface area contributed by atoms with Crippen molar-refractivity contribution in [3.8, 4) is 11.5 Å². The highest BCUT2D eigenvalue weighted by Gasteiger charge is 2.28. The maximum Gasteiger partial charge on any atom is 0.234 e. The van der Waals surface area contributed by atoms with Gasteiger partial charge in [-0.3, -0.25) is 0 Å². The van der Waals surface area contributed by atoms with Gasteiger partial charge >= 0.3 is 0 Å². The zero-order valence-corrected chi connectivity index (χ0v) is 16.4. The standard InChI is InChI=1S/C22H16F2N2O3S/c23-17-10-6-15(7-11-17)14-25-21-22(30(27,28)19-4-2-1-3-5-19)26-20(29-21)16-8-12-18(24)13-9-16/h1-13,25H,14H2. The summed E-state index contributed by atoms with van der Waals surface area (Å²) >= 11 is 0. The smallest absolute Gasteiger partial charge is 0.234 e. The van der Waals surface area contributed by atoms with Gasteiger partial charge in [-0.1, -0.05) is 30.3 Å². The lowest BCUT2D eigenvalue weighted by molar-refractivity contribution is 0.576. The SMILES string of the molecule is O=S(=O)(c1ccccc1)c1nc(-c2ccc(F)cc2)oc1NCc1ccc(F)cc1. The van der Waals surface area contributed by atoms with Crippen LogP contribution in [0.1, 0.15) is 5.56 Å². The zero-order chi connectivity index (χ0) is 21.1. The van der Waals surface area contributed by atoms with Crippen LogP contribution in [0.25, 0.3) is 11.5 Å². The molecule has 152 valence electrons. The number of oxazole rings is 1. The first-order valence-electron chi connectivity index (χ1n) is 8.99. The summed E-state index contributed by atoms with van der Waals surface area (Å²) in [5.41, 5.74) is 1.15. The molecule has 0 fully saturated rings. The molecule has 0 unspecified atom stereocenters. The van der Waals surface area contributed by atoms with E-state index in [2.05, 4.69) is 10.3 Å². The second kappa shape index (κ2) is 8.08. The van der Waals surface area contributed by atoms with Crippen LogP contribution in [0.2, 0.25) is 0 Å². The van der Waals surface area contributed by atoms with Crippen molar-refractivity contribution in [2.45, 2.75) is 16.5 Å². The summed E-state index contributed by atoms with van der Waals surface area (Å²) in [6, 6.07) is 19.0. The average Bonchev–Trinajstić information content (AvgIpc) is 3.20. The van der Waals surface area contributed by atoms with Crippen LogP contribution in [-0.4, -0.2) is 13.4 Å². The molecule has 3 aromatic carbocycles. The summed E-state index contributed by atoms with van der Waals surface area (Å²) in [4.78, 5) is 4.25. The van der Waals surface area contributed by atoms with Crippen molar-refractivity contribution in [2.24, 2.45) is 0 Å². The number of nitrogens with zero attached hydrogens (tertiary/aromatic N) is 1. The van der Waals surface area contributed by atoms with E-state index in [0.717, 1.165) is 5.56 Å². The Bertz CT molecular complexity index is 1250. The fraction of sp³-hybridized carbons (Fsp3) is 0.0455. The van der Waals surface area contributed by atoms with Gasteiger partial charge in [0.15, 0.2) is 0 Å². The summed E-state index contributed by atoms with van der Waals surface area (Å²) in [5, 5.41) is 2.64. The van der Waals surface area contributed by atoms with Gasteiger partial charge < -0.3 is 9.73 Å². The van der Waals surface area contributed by atoms with E-state index in [1.54, 1.807) is 30.3 Å². The summed E-state index contributed by atoms with van der Waals surface area (Å²) in [6.07, 6.45) is 0. The maximum absolute atomic E-state index is 13.2. The van der Waals surface area contributed by atoms with Crippen molar-refractivity contribution in [3.05, 3.63) is 96.1 Å². The molecule has 1 heterocycles. The Balaban J connectivity index is 1.74. The Labute approximate surface area is 171 Å². The highest BCUT2D eigenvalue weighted by Crippen LogP contribution is 2.32. The monoisotopic (exact) mass is 426 g/mol. The maximum atomic E-state index is 13.2. The molecule has 0 atom stereocenters. The normalized spacial score (nSPS) is 11.4. The fourth-order valence-corrected chi connectivity index (χ4v) is 4.11. The Morgan fingerprint density at radius 1 is 0.833 bits per heavy atom. The van der Waals surface area contributed by atoms with Crippen molar-refractivity contribution in [1.29, 1.82) is 0 Å². The number of hydrogen-bond donors (Lipinski definition) is 1. The van der Waals surface area contributed by atoms with Crippen LogP contribution in [0.5, 0.6) is 0 Å². The van der Waals surface area contributed by atoms with E-state index in [9.17, 15) is 17.2 Å². The molecule has 0 amide bonds. The van der Waals surface area contributed by atoms with Gasteiger partial charge in [0.2, 0.25) is 26.6 Å². The van der Waals surface area contributed by atoms with Crippen LogP contribution >= 0.6 is 0 Å². The number of rotatable bonds is 6. The third kappa shape index (κ3) is 4.08. The fourth-order valence-electron chi connectivity index (χ4n) is 2.81. The summed E-state index contributed by atoms with van der Waals surface area (Å²) in [7, 11) is -3.98. The number of sulfone groups is 1. The number of benzene rings is 3. The molecule has 0 saturated carbocycles. The van der Waals surface area contributed by atoms with E-state index >= 15 is 0 Å². The predicted octanol–water partition coefficient (Wildman–Crippen LogP) is 5.06. The molecule has 8 heteroatoms. The van der Waals surface area contributed by atoms with Crippen molar-refractivity contribution in [3.63, 3.8) is 0 Å². The number of aromatic nitrogens is 1. The first-order valence-corrected chi connectivity index (χ1v) is 10.5. The van der Waals surface area contributed by atoms with Gasteiger partial charge in [-0.2, -0.15) is 4.98 Å². The third-order valence-corrected chi connectivity index (χ3v) is 6.04. The molecule has 0 spiro atoms. The summed E-state index contributed by atoms with van der Waals surface area (Å²) in [6.45, 7) is 0.190. The van der Waals surface area contributed by atoms with Gasteiger partial charge in [0.1, 0.15) is 11.6 Å². The highest BCUT2D eigenvalue weighted by molar-refractivity contribution is 7.91. The van der Waals surface area contributed by atoms with Gasteiger partial charge in [0.05, 0.1) is 4.90 Å². The molecule has 0 aliphatic heterocycles. The quantitative estimate of drug-likeness (QED) is 0.466. The van der Waals surface area contributed by atoms with Gasteiger partial charge in [0.25, 0.3) is 0 Å². The van der Waals surface area contributed by atoms with E-state index < -0.39 is 15.7 Å². The van der Waals surface area contributed by atoms with Gasteiger partial charge in [-0.15, -0.1) is 0 Å². The van der Waals surface area contributed by atoms with E-state index in [1.165, 1.54) is 48.5 Å². The minimum atomic E-state index is -3.98. The largest absolute Gasteiger partial charge is 0.419 e. The molecule has 4 aromatic rings. The van der Waals surface area contributed by atoms with Gasteiger partial charge in [-0.05, 0) is 54.1 Å². The first kappa shape index (κ1) is 19.8. The zero-order valence-electron chi connectivity index (χ0n) is 15.5. The lowest BCUT2D eigenvalue weighted by Crippen LogP contribution is -2.07. The molecule has 1 aromatic heterocycles. The number of halogens is 2. The topological polar surface area (TPSA) is 72.2 Å². The number of nitrogens with one attached hydrogen (secondary N) is 1. The van der Waals surface area contributed by atoms with Crippen molar-refractivity contribution in [1.82, 2.24) is 4.98 Å². The lowest BCUT2D eigenvalue weighted by atomic mass is 10.2. The van der Waals surface area contributed by atoms with Crippen LogP contribution in [0.15, 0.2) is 93.2 Å². The Morgan fingerprint density at radius 2 is 1.43 bits per heavy atom. The predicted molar refractivity (Wildman–Crippen MR) is 108 cm³/mol. The highest BCUT2D eigenvalue weighted by atomic mass is 32.2. The van der Waals surface area contributed by atoms with Crippen LogP contribution in [0.3, 0.4) is 0 Å². The minimum absolute atomic E-state index is 0.0334. The molecule has 4 rings (SSSR count). The Hall–Kier alpha value is -3.52. The molecule has 0 radical (unpaired) electrons.